The van der Waals surface area contributed by atoms with Crippen molar-refractivity contribution in [2.75, 3.05) is 13.7 Å². The number of halogens is 1. The van der Waals surface area contributed by atoms with E-state index < -0.39 is 0 Å². The number of ether oxygens (including phenoxy) is 1. The average molecular weight is 296 g/mol. The summed E-state index contributed by atoms with van der Waals surface area (Å²) in [5.74, 6) is 1.48. The fraction of sp³-hybridized carbons (Fsp3) is 0.462. The maximum atomic E-state index is 6.09. The molecule has 0 amide bonds. The van der Waals surface area contributed by atoms with Crippen molar-refractivity contribution in [3.8, 4) is 5.75 Å². The molecule has 2 aromatic rings. The molecule has 7 heteroatoms. The molecule has 1 heterocycles. The first-order chi connectivity index (χ1) is 9.63. The van der Waals surface area contributed by atoms with E-state index in [-0.39, 0.29) is 6.04 Å². The van der Waals surface area contributed by atoms with Gasteiger partial charge in [0.2, 0.25) is 0 Å². The van der Waals surface area contributed by atoms with Crippen molar-refractivity contribution in [3.05, 3.63) is 34.6 Å². The average Bonchev–Trinajstić information content (AvgIpc) is 2.84. The molecule has 0 saturated heterocycles. The van der Waals surface area contributed by atoms with Crippen LogP contribution in [-0.2, 0) is 13.5 Å². The quantitative estimate of drug-likeness (QED) is 0.880. The van der Waals surface area contributed by atoms with Gasteiger partial charge in [-0.2, -0.15) is 4.80 Å². The van der Waals surface area contributed by atoms with Crippen LogP contribution in [0.2, 0.25) is 5.02 Å². The number of nitrogens with one attached hydrogen (secondary N) is 1. The van der Waals surface area contributed by atoms with Crippen molar-refractivity contribution in [2.45, 2.75) is 19.4 Å². The standard InChI is InChI=1S/C13H18ClN5O/c1-4-15-11(8-13-16-18-19(2)17-13)10-7-9(14)5-6-12(10)20-3/h5-7,11,15H,4,8H2,1-3H3. The number of aryl methyl sites for hydroxylation is 1. The van der Waals surface area contributed by atoms with Crippen LogP contribution >= 0.6 is 11.6 Å². The molecule has 20 heavy (non-hydrogen) atoms. The van der Waals surface area contributed by atoms with E-state index in [1.807, 2.05) is 25.1 Å². The lowest BCUT2D eigenvalue weighted by atomic mass is 10.0. The molecule has 0 spiro atoms. The first-order valence-corrected chi connectivity index (χ1v) is 6.81. The van der Waals surface area contributed by atoms with E-state index in [1.165, 1.54) is 4.80 Å². The first kappa shape index (κ1) is 14.7. The van der Waals surface area contributed by atoms with Crippen molar-refractivity contribution in [1.82, 2.24) is 25.5 Å². The smallest absolute Gasteiger partial charge is 0.176 e. The molecule has 0 bridgehead atoms. The van der Waals surface area contributed by atoms with Gasteiger partial charge in [-0.3, -0.25) is 0 Å². The van der Waals surface area contributed by atoms with Crippen LogP contribution in [0, 0.1) is 0 Å². The molecule has 1 unspecified atom stereocenters. The maximum absolute atomic E-state index is 6.09. The van der Waals surface area contributed by atoms with Crippen LogP contribution in [0.15, 0.2) is 18.2 Å². The van der Waals surface area contributed by atoms with Gasteiger partial charge in [0.15, 0.2) is 5.82 Å². The molecular weight excluding hydrogens is 278 g/mol. The zero-order valence-electron chi connectivity index (χ0n) is 11.8. The molecule has 0 fully saturated rings. The monoisotopic (exact) mass is 295 g/mol. The Morgan fingerprint density at radius 2 is 2.25 bits per heavy atom. The lowest BCUT2D eigenvalue weighted by Crippen LogP contribution is -2.24. The molecule has 1 aromatic carbocycles. The highest BCUT2D eigenvalue weighted by Gasteiger charge is 2.18. The molecule has 108 valence electrons. The Balaban J connectivity index is 2.30. The SMILES string of the molecule is CCNC(Cc1nnn(C)n1)c1cc(Cl)ccc1OC. The normalized spacial score (nSPS) is 12.4. The Labute approximate surface area is 123 Å². The number of hydrogen-bond acceptors (Lipinski definition) is 5. The summed E-state index contributed by atoms with van der Waals surface area (Å²) in [7, 11) is 3.40. The minimum Gasteiger partial charge on any atom is -0.496 e. The Kier molecular flexibility index (Phi) is 4.92. The minimum atomic E-state index is 0.0258. The highest BCUT2D eigenvalue weighted by Crippen LogP contribution is 2.29. The van der Waals surface area contributed by atoms with Crippen LogP contribution in [0.5, 0.6) is 5.75 Å². The molecule has 0 radical (unpaired) electrons. The zero-order chi connectivity index (χ0) is 14.5. The summed E-state index contributed by atoms with van der Waals surface area (Å²) in [6.45, 7) is 2.87. The van der Waals surface area contributed by atoms with E-state index in [0.717, 1.165) is 17.9 Å². The Hall–Kier alpha value is -1.66. The van der Waals surface area contributed by atoms with Crippen molar-refractivity contribution in [1.29, 1.82) is 0 Å². The third-order valence-corrected chi connectivity index (χ3v) is 3.19. The van der Waals surface area contributed by atoms with Crippen LogP contribution in [0.4, 0.5) is 0 Å². The van der Waals surface area contributed by atoms with Crippen molar-refractivity contribution >= 4 is 11.6 Å². The van der Waals surface area contributed by atoms with E-state index in [4.69, 9.17) is 16.3 Å². The summed E-state index contributed by atoms with van der Waals surface area (Å²) >= 11 is 6.09. The summed E-state index contributed by atoms with van der Waals surface area (Å²) < 4.78 is 5.41. The Bertz CT molecular complexity index is 572. The van der Waals surface area contributed by atoms with Gasteiger partial charge in [-0.05, 0) is 30.0 Å². The second-order valence-corrected chi connectivity index (χ2v) is 4.83. The molecule has 1 aromatic heterocycles. The Morgan fingerprint density at radius 1 is 1.45 bits per heavy atom. The van der Waals surface area contributed by atoms with Crippen molar-refractivity contribution in [2.24, 2.45) is 7.05 Å². The fourth-order valence-corrected chi connectivity index (χ4v) is 2.28. The lowest BCUT2D eigenvalue weighted by molar-refractivity contribution is 0.398. The van der Waals surface area contributed by atoms with Gasteiger partial charge < -0.3 is 10.1 Å². The summed E-state index contributed by atoms with van der Waals surface area (Å²) in [5.41, 5.74) is 0.995. The van der Waals surface area contributed by atoms with Gasteiger partial charge in [0.05, 0.1) is 14.2 Å². The number of methoxy groups -OCH3 is 1. The number of rotatable bonds is 6. The molecule has 0 aliphatic heterocycles. The minimum absolute atomic E-state index is 0.0258. The second-order valence-electron chi connectivity index (χ2n) is 4.40. The van der Waals surface area contributed by atoms with Gasteiger partial charge >= 0.3 is 0 Å². The van der Waals surface area contributed by atoms with Crippen molar-refractivity contribution in [3.63, 3.8) is 0 Å². The number of hydrogen-bond donors (Lipinski definition) is 1. The highest BCUT2D eigenvalue weighted by molar-refractivity contribution is 6.30. The maximum Gasteiger partial charge on any atom is 0.176 e. The lowest BCUT2D eigenvalue weighted by Gasteiger charge is -2.19. The van der Waals surface area contributed by atoms with Crippen LogP contribution in [0.25, 0.3) is 0 Å². The van der Waals surface area contributed by atoms with Gasteiger partial charge in [0.1, 0.15) is 5.75 Å². The molecule has 0 saturated carbocycles. The predicted octanol–water partition coefficient (Wildman–Crippen LogP) is 1.77. The summed E-state index contributed by atoms with van der Waals surface area (Å²) in [6.07, 6.45) is 0.623. The Morgan fingerprint density at radius 3 is 2.85 bits per heavy atom. The van der Waals surface area contributed by atoms with Crippen LogP contribution < -0.4 is 10.1 Å². The topological polar surface area (TPSA) is 64.9 Å². The molecule has 0 aliphatic carbocycles. The number of likely N-dealkylation sites (N-methyl/N-ethyl adjacent to an activating group) is 1. The second kappa shape index (κ2) is 6.67. The van der Waals surface area contributed by atoms with E-state index >= 15 is 0 Å². The van der Waals surface area contributed by atoms with E-state index in [2.05, 4.69) is 20.7 Å². The molecule has 0 aliphatic rings. The van der Waals surface area contributed by atoms with Gasteiger partial charge in [-0.25, -0.2) is 0 Å². The summed E-state index contributed by atoms with van der Waals surface area (Å²) in [4.78, 5) is 1.45. The fourth-order valence-electron chi connectivity index (χ4n) is 2.10. The predicted molar refractivity (Wildman–Crippen MR) is 76.9 cm³/mol. The molecule has 2 rings (SSSR count). The molecular formula is C13H18ClN5O. The number of benzene rings is 1. The molecule has 6 nitrogen and oxygen atoms in total. The van der Waals surface area contributed by atoms with E-state index in [0.29, 0.717) is 17.3 Å². The molecule has 1 atom stereocenters. The highest BCUT2D eigenvalue weighted by atomic mass is 35.5. The first-order valence-electron chi connectivity index (χ1n) is 6.43. The number of nitrogens with zero attached hydrogens (tertiary/aromatic N) is 4. The summed E-state index contributed by atoms with van der Waals surface area (Å²) in [6, 6.07) is 5.61. The van der Waals surface area contributed by atoms with Crippen LogP contribution in [-0.4, -0.2) is 33.9 Å². The third-order valence-electron chi connectivity index (χ3n) is 2.95. The largest absolute Gasteiger partial charge is 0.496 e. The third kappa shape index (κ3) is 3.46. The molecule has 1 N–H and O–H groups in total. The number of aromatic nitrogens is 4. The van der Waals surface area contributed by atoms with Gasteiger partial charge in [-0.15, -0.1) is 10.2 Å². The van der Waals surface area contributed by atoms with Gasteiger partial charge in [-0.1, -0.05) is 18.5 Å². The van der Waals surface area contributed by atoms with E-state index in [1.54, 1.807) is 14.2 Å². The van der Waals surface area contributed by atoms with Crippen molar-refractivity contribution < 1.29 is 4.74 Å². The van der Waals surface area contributed by atoms with Crippen LogP contribution in [0.3, 0.4) is 0 Å². The van der Waals surface area contributed by atoms with Crippen LogP contribution in [0.1, 0.15) is 24.4 Å². The van der Waals surface area contributed by atoms with Gasteiger partial charge in [0, 0.05) is 23.0 Å². The van der Waals surface area contributed by atoms with Gasteiger partial charge in [0.25, 0.3) is 0 Å². The summed E-state index contributed by atoms with van der Waals surface area (Å²) in [5, 5.41) is 16.2. The number of tetrazole rings is 1. The zero-order valence-corrected chi connectivity index (χ0v) is 12.6. The van der Waals surface area contributed by atoms with E-state index in [9.17, 15) is 0 Å².